The number of anilines is 1. The smallest absolute Gasteiger partial charge is 0.319 e. The Hall–Kier alpha value is -3.64. The third-order valence-electron chi connectivity index (χ3n) is 5.83. The van der Waals surface area contributed by atoms with Gasteiger partial charge >= 0.3 is 6.03 Å². The van der Waals surface area contributed by atoms with Crippen LogP contribution < -0.4 is 10.6 Å². The molecule has 1 heterocycles. The van der Waals surface area contributed by atoms with E-state index in [4.69, 9.17) is 4.74 Å². The van der Waals surface area contributed by atoms with E-state index in [2.05, 4.69) is 34.9 Å². The number of hydrogen-bond acceptors (Lipinski definition) is 3. The van der Waals surface area contributed by atoms with Gasteiger partial charge in [-0.15, -0.1) is 0 Å². The maximum Gasteiger partial charge on any atom is 0.319 e. The van der Waals surface area contributed by atoms with Crippen LogP contribution >= 0.6 is 0 Å². The van der Waals surface area contributed by atoms with Crippen molar-refractivity contribution in [1.82, 2.24) is 10.2 Å². The molecule has 0 radical (unpaired) electrons. The second-order valence-electron chi connectivity index (χ2n) is 7.99. The zero-order valence-electron chi connectivity index (χ0n) is 18.6. The number of carbonyl (C=O) groups excluding carboxylic acids is 2. The van der Waals surface area contributed by atoms with Gasteiger partial charge in [0.05, 0.1) is 24.5 Å². The lowest BCUT2D eigenvalue weighted by molar-refractivity contribution is 0.0303. The lowest BCUT2D eigenvalue weighted by Crippen LogP contribution is -2.41. The van der Waals surface area contributed by atoms with Crippen molar-refractivity contribution < 1.29 is 14.3 Å². The number of hydrogen-bond donors (Lipinski definition) is 2. The number of ether oxygens (including phenoxy) is 1. The van der Waals surface area contributed by atoms with Gasteiger partial charge in [0.25, 0.3) is 5.91 Å². The molecule has 0 saturated carbocycles. The Morgan fingerprint density at radius 1 is 0.818 bits per heavy atom. The van der Waals surface area contributed by atoms with E-state index >= 15 is 0 Å². The lowest BCUT2D eigenvalue weighted by Gasteiger charge is -2.27. The molecule has 0 unspecified atom stereocenters. The van der Waals surface area contributed by atoms with Crippen LogP contribution in [0.1, 0.15) is 33.8 Å². The molecule has 3 aromatic carbocycles. The van der Waals surface area contributed by atoms with Crippen LogP contribution in [0.4, 0.5) is 10.5 Å². The molecule has 0 aliphatic carbocycles. The van der Waals surface area contributed by atoms with Crippen molar-refractivity contribution in [3.8, 4) is 0 Å². The van der Waals surface area contributed by atoms with Gasteiger partial charge in [-0.2, -0.15) is 0 Å². The summed E-state index contributed by atoms with van der Waals surface area (Å²) in [7, 11) is 0. The highest BCUT2D eigenvalue weighted by molar-refractivity contribution is 6.03. The fraction of sp³-hybridized carbons (Fsp3) is 0.259. The Kier molecular flexibility index (Phi) is 7.72. The zero-order chi connectivity index (χ0) is 22.9. The molecule has 33 heavy (non-hydrogen) atoms. The molecular formula is C27H29N3O3. The van der Waals surface area contributed by atoms with E-state index in [1.54, 1.807) is 23.1 Å². The Labute approximate surface area is 194 Å². The molecule has 4 rings (SSSR count). The van der Waals surface area contributed by atoms with Crippen LogP contribution in [0.2, 0.25) is 0 Å². The Balaban J connectivity index is 1.38. The number of nitrogens with zero attached hydrogens (tertiary/aromatic N) is 1. The quantitative estimate of drug-likeness (QED) is 0.565. The number of amides is 3. The van der Waals surface area contributed by atoms with Crippen LogP contribution in [0.3, 0.4) is 0 Å². The van der Waals surface area contributed by atoms with Crippen LogP contribution in [0, 0.1) is 0 Å². The number of carbonyl (C=O) groups is 2. The van der Waals surface area contributed by atoms with Gasteiger partial charge in [-0.25, -0.2) is 4.79 Å². The topological polar surface area (TPSA) is 70.7 Å². The number of morpholine rings is 1. The van der Waals surface area contributed by atoms with Gasteiger partial charge in [-0.05, 0) is 29.7 Å². The minimum atomic E-state index is -0.322. The van der Waals surface area contributed by atoms with Gasteiger partial charge in [0.1, 0.15) is 0 Å². The minimum Gasteiger partial charge on any atom is -0.378 e. The van der Waals surface area contributed by atoms with Crippen molar-refractivity contribution in [1.29, 1.82) is 0 Å². The Morgan fingerprint density at radius 2 is 1.39 bits per heavy atom. The summed E-state index contributed by atoms with van der Waals surface area (Å²) in [5.74, 6) is 0.0882. The average molecular weight is 444 g/mol. The van der Waals surface area contributed by atoms with Gasteiger partial charge < -0.3 is 20.3 Å². The Morgan fingerprint density at radius 3 is 2.03 bits per heavy atom. The molecule has 170 valence electrons. The third-order valence-corrected chi connectivity index (χ3v) is 5.83. The van der Waals surface area contributed by atoms with Gasteiger partial charge in [0.2, 0.25) is 0 Å². The molecular weight excluding hydrogens is 414 g/mol. The minimum absolute atomic E-state index is 0.0950. The molecule has 1 aliphatic heterocycles. The maximum absolute atomic E-state index is 12.9. The van der Waals surface area contributed by atoms with Crippen LogP contribution in [0.25, 0.3) is 0 Å². The second kappa shape index (κ2) is 11.3. The molecule has 3 aromatic rings. The van der Waals surface area contributed by atoms with Crippen molar-refractivity contribution >= 4 is 17.6 Å². The molecule has 2 N–H and O–H groups in total. The van der Waals surface area contributed by atoms with E-state index in [1.807, 2.05) is 42.5 Å². The molecule has 3 amide bonds. The number of rotatable bonds is 7. The molecule has 0 bridgehead atoms. The van der Waals surface area contributed by atoms with E-state index in [9.17, 15) is 9.59 Å². The summed E-state index contributed by atoms with van der Waals surface area (Å²) in [5.41, 5.74) is 3.43. The summed E-state index contributed by atoms with van der Waals surface area (Å²) in [6, 6.07) is 27.4. The fourth-order valence-electron chi connectivity index (χ4n) is 4.11. The highest BCUT2D eigenvalue weighted by Gasteiger charge is 2.21. The number of nitrogens with one attached hydrogen (secondary N) is 2. The van der Waals surface area contributed by atoms with Crippen molar-refractivity contribution in [2.24, 2.45) is 0 Å². The number of urea groups is 1. The highest BCUT2D eigenvalue weighted by Crippen LogP contribution is 2.27. The SMILES string of the molecule is O=C(NCCC(c1ccccc1)c1ccccc1)Nc1ccccc1C(=O)N1CCOCC1. The normalized spacial score (nSPS) is 13.5. The molecule has 0 atom stereocenters. The molecule has 1 aliphatic rings. The fourth-order valence-corrected chi connectivity index (χ4v) is 4.11. The van der Waals surface area contributed by atoms with Crippen molar-refractivity contribution in [3.05, 3.63) is 102 Å². The molecule has 0 aromatic heterocycles. The largest absolute Gasteiger partial charge is 0.378 e. The van der Waals surface area contributed by atoms with Crippen molar-refractivity contribution in [2.75, 3.05) is 38.2 Å². The summed E-state index contributed by atoms with van der Waals surface area (Å²) < 4.78 is 5.33. The van der Waals surface area contributed by atoms with Crippen LogP contribution in [0.15, 0.2) is 84.9 Å². The second-order valence-corrected chi connectivity index (χ2v) is 7.99. The predicted molar refractivity (Wildman–Crippen MR) is 130 cm³/mol. The van der Waals surface area contributed by atoms with E-state index in [0.29, 0.717) is 44.1 Å². The molecule has 1 fully saturated rings. The van der Waals surface area contributed by atoms with E-state index in [1.165, 1.54) is 11.1 Å². The third kappa shape index (κ3) is 5.99. The van der Waals surface area contributed by atoms with Crippen LogP contribution in [-0.2, 0) is 4.74 Å². The van der Waals surface area contributed by atoms with Crippen molar-refractivity contribution in [3.63, 3.8) is 0 Å². The van der Waals surface area contributed by atoms with Gasteiger partial charge in [-0.1, -0.05) is 72.8 Å². The first-order valence-electron chi connectivity index (χ1n) is 11.3. The zero-order valence-corrected chi connectivity index (χ0v) is 18.6. The summed E-state index contributed by atoms with van der Waals surface area (Å²) >= 11 is 0. The predicted octanol–water partition coefficient (Wildman–Crippen LogP) is 4.50. The van der Waals surface area contributed by atoms with E-state index < -0.39 is 0 Å². The van der Waals surface area contributed by atoms with Crippen molar-refractivity contribution in [2.45, 2.75) is 12.3 Å². The molecule has 1 saturated heterocycles. The van der Waals surface area contributed by atoms with Gasteiger partial charge in [0.15, 0.2) is 0 Å². The number of para-hydroxylation sites is 1. The first-order valence-corrected chi connectivity index (χ1v) is 11.3. The maximum atomic E-state index is 12.9. The summed E-state index contributed by atoms with van der Waals surface area (Å²) in [6.45, 7) is 2.68. The van der Waals surface area contributed by atoms with E-state index in [-0.39, 0.29) is 17.9 Å². The van der Waals surface area contributed by atoms with E-state index in [0.717, 1.165) is 6.42 Å². The van der Waals surface area contributed by atoms with Crippen LogP contribution in [0.5, 0.6) is 0 Å². The average Bonchev–Trinajstić information content (AvgIpc) is 2.88. The summed E-state index contributed by atoms with van der Waals surface area (Å²) in [4.78, 5) is 27.3. The molecule has 6 nitrogen and oxygen atoms in total. The lowest BCUT2D eigenvalue weighted by atomic mass is 9.88. The highest BCUT2D eigenvalue weighted by atomic mass is 16.5. The standard InChI is InChI=1S/C27H29N3O3/c31-26(30-17-19-33-20-18-30)24-13-7-8-14-25(24)29-27(32)28-16-15-23(21-9-3-1-4-10-21)22-11-5-2-6-12-22/h1-14,23H,15-20H2,(H2,28,29,32). The van der Waals surface area contributed by atoms with Crippen LogP contribution in [-0.4, -0.2) is 49.7 Å². The summed E-state index contributed by atoms with van der Waals surface area (Å²) in [6.07, 6.45) is 0.760. The van der Waals surface area contributed by atoms with Gasteiger partial charge in [-0.3, -0.25) is 4.79 Å². The number of benzene rings is 3. The molecule has 0 spiro atoms. The molecule has 6 heteroatoms. The Bertz CT molecular complexity index is 1010. The first-order chi connectivity index (χ1) is 16.2. The summed E-state index contributed by atoms with van der Waals surface area (Å²) in [5, 5.41) is 5.81. The van der Waals surface area contributed by atoms with Gasteiger partial charge in [0, 0.05) is 25.6 Å². The monoisotopic (exact) mass is 443 g/mol. The first kappa shape index (κ1) is 22.6.